The molecule has 0 unspecified atom stereocenters. The van der Waals surface area contributed by atoms with Gasteiger partial charge in [0.25, 0.3) is 5.78 Å². The van der Waals surface area contributed by atoms with Crippen LogP contribution in [0.2, 0.25) is 5.15 Å². The average Bonchev–Trinajstić information content (AvgIpc) is 2.94. The van der Waals surface area contributed by atoms with Gasteiger partial charge in [-0.2, -0.15) is 19.6 Å². The first kappa shape index (κ1) is 13.6. The van der Waals surface area contributed by atoms with Crippen LogP contribution in [0.3, 0.4) is 0 Å². The molecule has 0 amide bonds. The van der Waals surface area contributed by atoms with Crippen LogP contribution in [0.15, 0.2) is 36.7 Å². The summed E-state index contributed by atoms with van der Waals surface area (Å²) in [5, 5.41) is 4.36. The number of hydrogen-bond acceptors (Lipinski definition) is 5. The minimum atomic E-state index is 0.289. The molecule has 1 aromatic carbocycles. The van der Waals surface area contributed by atoms with Crippen LogP contribution in [-0.4, -0.2) is 26.2 Å². The van der Waals surface area contributed by atoms with Crippen LogP contribution in [-0.2, 0) is 0 Å². The highest BCUT2D eigenvalue weighted by Gasteiger charge is 2.11. The van der Waals surface area contributed by atoms with Crippen LogP contribution in [0.25, 0.3) is 5.78 Å². The molecule has 0 saturated carbocycles. The Labute approximate surface area is 126 Å². The number of ether oxygens (including phenoxy) is 2. The molecule has 0 bridgehead atoms. The third-order valence-electron chi connectivity index (χ3n) is 2.71. The van der Waals surface area contributed by atoms with Gasteiger partial charge >= 0.3 is 0 Å². The topological polar surface area (TPSA) is 61.5 Å². The fraction of sp³-hybridized carbons (Fsp3) is 0.214. The second kappa shape index (κ2) is 5.97. The molecule has 2 aromatic heterocycles. The predicted molar refractivity (Wildman–Crippen MR) is 78.1 cm³/mol. The van der Waals surface area contributed by atoms with E-state index in [0.29, 0.717) is 29.8 Å². The number of nitrogens with zero attached hydrogens (tertiary/aromatic N) is 4. The molecular weight excluding hydrogens is 292 g/mol. The lowest BCUT2D eigenvalue weighted by Gasteiger charge is -2.12. The molecule has 7 heteroatoms. The molecule has 0 radical (unpaired) electrons. The van der Waals surface area contributed by atoms with Crippen molar-refractivity contribution in [1.82, 2.24) is 19.6 Å². The molecule has 0 spiro atoms. The molecule has 0 fully saturated rings. The summed E-state index contributed by atoms with van der Waals surface area (Å²) in [6.45, 7) is 2.67. The molecule has 3 rings (SSSR count). The Kier molecular flexibility index (Phi) is 3.87. The highest BCUT2D eigenvalue weighted by molar-refractivity contribution is 6.29. The van der Waals surface area contributed by atoms with Gasteiger partial charge < -0.3 is 9.47 Å². The lowest BCUT2D eigenvalue weighted by molar-refractivity contribution is 0.299. The number of para-hydroxylation sites is 2. The summed E-state index contributed by atoms with van der Waals surface area (Å²) in [6.07, 6.45) is 2.31. The van der Waals surface area contributed by atoms with E-state index in [9.17, 15) is 0 Å². The Morgan fingerprint density at radius 1 is 1.24 bits per heavy atom. The van der Waals surface area contributed by atoms with E-state index in [0.717, 1.165) is 6.42 Å². The second-order valence-electron chi connectivity index (χ2n) is 4.29. The van der Waals surface area contributed by atoms with Gasteiger partial charge in [-0.1, -0.05) is 30.7 Å². The fourth-order valence-electron chi connectivity index (χ4n) is 1.81. The molecule has 0 saturated heterocycles. The molecule has 6 nitrogen and oxygen atoms in total. The zero-order chi connectivity index (χ0) is 14.7. The van der Waals surface area contributed by atoms with Crippen molar-refractivity contribution in [2.45, 2.75) is 13.3 Å². The van der Waals surface area contributed by atoms with Crippen LogP contribution in [0.1, 0.15) is 13.3 Å². The summed E-state index contributed by atoms with van der Waals surface area (Å²) in [5.74, 6) is 2.06. The van der Waals surface area contributed by atoms with Gasteiger partial charge in [0.2, 0.25) is 5.88 Å². The van der Waals surface area contributed by atoms with Crippen molar-refractivity contribution < 1.29 is 9.47 Å². The quantitative estimate of drug-likeness (QED) is 0.676. The second-order valence-corrected chi connectivity index (χ2v) is 4.67. The molecule has 0 atom stereocenters. The normalized spacial score (nSPS) is 10.8. The van der Waals surface area contributed by atoms with Crippen LogP contribution in [0.5, 0.6) is 17.4 Å². The minimum absolute atomic E-state index is 0.289. The maximum Gasteiger partial charge on any atom is 0.256 e. The van der Waals surface area contributed by atoms with Crippen LogP contribution in [0.4, 0.5) is 0 Å². The summed E-state index contributed by atoms with van der Waals surface area (Å²) in [5.41, 5.74) is 0. The number of hydrogen-bond donors (Lipinski definition) is 0. The van der Waals surface area contributed by atoms with Gasteiger partial charge in [0.15, 0.2) is 11.5 Å². The maximum absolute atomic E-state index is 5.97. The van der Waals surface area contributed by atoms with Crippen molar-refractivity contribution in [3.05, 3.63) is 41.8 Å². The van der Waals surface area contributed by atoms with E-state index >= 15 is 0 Å². The van der Waals surface area contributed by atoms with E-state index in [2.05, 4.69) is 15.1 Å². The SMILES string of the molecule is CCCOc1ccccc1Oc1cc(Cl)nc2ncnn12. The van der Waals surface area contributed by atoms with Crippen molar-refractivity contribution in [3.63, 3.8) is 0 Å². The number of halogens is 1. The van der Waals surface area contributed by atoms with E-state index < -0.39 is 0 Å². The summed E-state index contributed by atoms with van der Waals surface area (Å²) in [6, 6.07) is 9.02. The van der Waals surface area contributed by atoms with Gasteiger partial charge in [-0.25, -0.2) is 0 Å². The standard InChI is InChI=1S/C14H13ClN4O2/c1-2-7-20-10-5-3-4-6-11(10)21-13-8-12(15)18-14-16-9-17-19(13)14/h3-6,8-9H,2,7H2,1H3. The highest BCUT2D eigenvalue weighted by Crippen LogP contribution is 2.31. The van der Waals surface area contributed by atoms with Gasteiger partial charge in [-0.3, -0.25) is 0 Å². The Bertz CT molecular complexity index is 760. The lowest BCUT2D eigenvalue weighted by atomic mass is 10.3. The third-order valence-corrected chi connectivity index (χ3v) is 2.91. The number of rotatable bonds is 5. The third kappa shape index (κ3) is 2.90. The number of benzene rings is 1. The van der Waals surface area contributed by atoms with Crippen LogP contribution in [0, 0.1) is 0 Å². The molecule has 0 aliphatic carbocycles. The molecule has 0 aliphatic heterocycles. The fourth-order valence-corrected chi connectivity index (χ4v) is 1.98. The lowest BCUT2D eigenvalue weighted by Crippen LogP contribution is -2.01. The summed E-state index contributed by atoms with van der Waals surface area (Å²) < 4.78 is 13.0. The average molecular weight is 305 g/mol. The van der Waals surface area contributed by atoms with E-state index in [1.165, 1.54) is 10.8 Å². The van der Waals surface area contributed by atoms with Gasteiger partial charge in [0.1, 0.15) is 11.5 Å². The van der Waals surface area contributed by atoms with E-state index in [4.69, 9.17) is 21.1 Å². The molecular formula is C14H13ClN4O2. The maximum atomic E-state index is 5.97. The molecule has 0 N–H and O–H groups in total. The predicted octanol–water partition coefficient (Wildman–Crippen LogP) is 3.36. The Hall–Kier alpha value is -2.34. The van der Waals surface area contributed by atoms with Gasteiger partial charge in [-0.05, 0) is 18.6 Å². The van der Waals surface area contributed by atoms with Crippen LogP contribution < -0.4 is 9.47 Å². The first-order valence-corrected chi connectivity index (χ1v) is 6.91. The summed E-state index contributed by atoms with van der Waals surface area (Å²) in [7, 11) is 0. The van der Waals surface area contributed by atoms with Crippen molar-refractivity contribution in [2.75, 3.05) is 6.61 Å². The van der Waals surface area contributed by atoms with Gasteiger partial charge in [0, 0.05) is 6.07 Å². The van der Waals surface area contributed by atoms with Gasteiger partial charge in [-0.15, -0.1) is 0 Å². The van der Waals surface area contributed by atoms with Crippen molar-refractivity contribution >= 4 is 17.4 Å². The molecule has 3 aromatic rings. The van der Waals surface area contributed by atoms with Crippen molar-refractivity contribution in [3.8, 4) is 17.4 Å². The smallest absolute Gasteiger partial charge is 0.256 e. The van der Waals surface area contributed by atoms with Crippen LogP contribution >= 0.6 is 11.6 Å². The van der Waals surface area contributed by atoms with E-state index in [-0.39, 0.29) is 5.15 Å². The number of aromatic nitrogens is 4. The van der Waals surface area contributed by atoms with Crippen molar-refractivity contribution in [1.29, 1.82) is 0 Å². The zero-order valence-corrected chi connectivity index (χ0v) is 12.1. The van der Waals surface area contributed by atoms with Gasteiger partial charge in [0.05, 0.1) is 6.61 Å². The first-order chi connectivity index (χ1) is 10.3. The van der Waals surface area contributed by atoms with Crippen molar-refractivity contribution in [2.24, 2.45) is 0 Å². The molecule has 2 heterocycles. The summed E-state index contributed by atoms with van der Waals surface area (Å²) in [4.78, 5) is 8.05. The summed E-state index contributed by atoms with van der Waals surface area (Å²) >= 11 is 5.97. The Morgan fingerprint density at radius 2 is 2.05 bits per heavy atom. The number of fused-ring (bicyclic) bond motifs is 1. The zero-order valence-electron chi connectivity index (χ0n) is 11.4. The first-order valence-electron chi connectivity index (χ1n) is 6.54. The highest BCUT2D eigenvalue weighted by atomic mass is 35.5. The molecule has 108 valence electrons. The molecule has 0 aliphatic rings. The van der Waals surface area contributed by atoms with E-state index in [1.54, 1.807) is 6.07 Å². The van der Waals surface area contributed by atoms with E-state index in [1.807, 2.05) is 31.2 Å². The molecule has 21 heavy (non-hydrogen) atoms. The monoisotopic (exact) mass is 304 g/mol. The largest absolute Gasteiger partial charge is 0.490 e. The Morgan fingerprint density at radius 3 is 2.86 bits per heavy atom. The Balaban J connectivity index is 1.97. The minimum Gasteiger partial charge on any atom is -0.490 e.